The third-order valence-corrected chi connectivity index (χ3v) is 6.97. The van der Waals surface area contributed by atoms with Gasteiger partial charge in [0.2, 0.25) is 5.91 Å². The number of piperidine rings is 1. The molecule has 0 aliphatic carbocycles. The summed E-state index contributed by atoms with van der Waals surface area (Å²) in [4.78, 5) is 22.7. The molecule has 160 valence electrons. The number of benzene rings is 1. The van der Waals surface area contributed by atoms with Crippen molar-refractivity contribution in [1.82, 2.24) is 24.6 Å². The standard InChI is InChI=1S/C25H29N5O/c1-28-23(10-14-27-28)22-18-29(16-21-8-12-26-13-9-21)19-25(22)11-5-15-30(24(25)31)17-20-6-3-2-4-7-20/h2-4,6-10,12-14,22H,5,11,15-19H2,1H3/t22-,25+/m0/s1. The van der Waals surface area contributed by atoms with Gasteiger partial charge in [0, 0.05) is 70.0 Å². The molecule has 2 aliphatic heterocycles. The van der Waals surface area contributed by atoms with Gasteiger partial charge >= 0.3 is 0 Å². The van der Waals surface area contributed by atoms with Crippen LogP contribution < -0.4 is 0 Å². The fourth-order valence-electron chi connectivity index (χ4n) is 5.51. The van der Waals surface area contributed by atoms with Crippen LogP contribution in [0.1, 0.15) is 35.6 Å². The summed E-state index contributed by atoms with van der Waals surface area (Å²) in [6.07, 6.45) is 7.50. The lowest BCUT2D eigenvalue weighted by Crippen LogP contribution is -2.52. The molecule has 2 saturated heterocycles. The largest absolute Gasteiger partial charge is 0.338 e. The average molecular weight is 416 g/mol. The first-order valence-electron chi connectivity index (χ1n) is 11.1. The number of rotatable bonds is 5. The Bertz CT molecular complexity index is 1030. The summed E-state index contributed by atoms with van der Waals surface area (Å²) in [5.74, 6) is 0.443. The summed E-state index contributed by atoms with van der Waals surface area (Å²) in [5.41, 5.74) is 3.19. The van der Waals surface area contributed by atoms with E-state index in [1.54, 1.807) is 0 Å². The van der Waals surface area contributed by atoms with Gasteiger partial charge in [0.1, 0.15) is 0 Å². The molecule has 1 amide bonds. The van der Waals surface area contributed by atoms with Gasteiger partial charge in [-0.1, -0.05) is 30.3 Å². The number of hydrogen-bond donors (Lipinski definition) is 0. The molecule has 0 bridgehead atoms. The summed E-state index contributed by atoms with van der Waals surface area (Å²) in [7, 11) is 1.99. The van der Waals surface area contributed by atoms with Crippen LogP contribution in [-0.2, 0) is 24.9 Å². The highest BCUT2D eigenvalue weighted by molar-refractivity contribution is 5.85. The van der Waals surface area contributed by atoms with Crippen LogP contribution in [-0.4, -0.2) is 50.1 Å². The zero-order chi connectivity index (χ0) is 21.3. The fraction of sp³-hybridized carbons (Fsp3) is 0.400. The molecule has 2 fully saturated rings. The van der Waals surface area contributed by atoms with E-state index < -0.39 is 5.41 Å². The van der Waals surface area contributed by atoms with E-state index in [1.165, 1.54) is 11.1 Å². The number of likely N-dealkylation sites (tertiary alicyclic amines) is 2. The van der Waals surface area contributed by atoms with Crippen LogP contribution in [0.4, 0.5) is 0 Å². The van der Waals surface area contributed by atoms with Crippen molar-refractivity contribution in [2.24, 2.45) is 12.5 Å². The van der Waals surface area contributed by atoms with Crippen LogP contribution in [0.25, 0.3) is 0 Å². The third-order valence-electron chi connectivity index (χ3n) is 6.97. The summed E-state index contributed by atoms with van der Waals surface area (Å²) >= 11 is 0. The van der Waals surface area contributed by atoms with Gasteiger partial charge in [0.25, 0.3) is 0 Å². The minimum atomic E-state index is -0.395. The number of hydrogen-bond acceptors (Lipinski definition) is 4. The lowest BCUT2D eigenvalue weighted by molar-refractivity contribution is -0.147. The van der Waals surface area contributed by atoms with Crippen LogP contribution in [0, 0.1) is 5.41 Å². The van der Waals surface area contributed by atoms with E-state index in [1.807, 2.05) is 48.5 Å². The van der Waals surface area contributed by atoms with Gasteiger partial charge in [-0.2, -0.15) is 5.10 Å². The number of aryl methyl sites for hydroxylation is 1. The molecule has 0 saturated carbocycles. The van der Waals surface area contributed by atoms with Crippen LogP contribution >= 0.6 is 0 Å². The van der Waals surface area contributed by atoms with Crippen LogP contribution in [0.3, 0.4) is 0 Å². The van der Waals surface area contributed by atoms with Crippen molar-refractivity contribution >= 4 is 5.91 Å². The molecule has 6 heteroatoms. The second-order valence-corrected chi connectivity index (χ2v) is 8.93. The molecule has 31 heavy (non-hydrogen) atoms. The molecule has 6 nitrogen and oxygen atoms in total. The SMILES string of the molecule is Cn1nccc1[C@@H]1CN(Cc2ccncc2)C[C@]12CCCN(Cc1ccccc1)C2=O. The molecule has 3 aromatic rings. The maximum Gasteiger partial charge on any atom is 0.231 e. The van der Waals surface area contributed by atoms with Crippen molar-refractivity contribution in [2.45, 2.75) is 31.8 Å². The van der Waals surface area contributed by atoms with Gasteiger partial charge in [-0.15, -0.1) is 0 Å². The third kappa shape index (κ3) is 3.76. The van der Waals surface area contributed by atoms with Gasteiger partial charge in [0.15, 0.2) is 0 Å². The molecule has 1 spiro atoms. The molecule has 0 radical (unpaired) electrons. The van der Waals surface area contributed by atoms with Crippen molar-refractivity contribution in [2.75, 3.05) is 19.6 Å². The lowest BCUT2D eigenvalue weighted by Gasteiger charge is -2.42. The van der Waals surface area contributed by atoms with Gasteiger partial charge in [0.05, 0.1) is 5.41 Å². The van der Waals surface area contributed by atoms with E-state index in [0.717, 1.165) is 44.7 Å². The molecule has 1 aromatic carbocycles. The van der Waals surface area contributed by atoms with Crippen molar-refractivity contribution in [3.63, 3.8) is 0 Å². The van der Waals surface area contributed by atoms with Crippen LogP contribution in [0.5, 0.6) is 0 Å². The summed E-state index contributed by atoms with van der Waals surface area (Å²) < 4.78 is 1.95. The number of carbonyl (C=O) groups is 1. The highest BCUT2D eigenvalue weighted by Gasteiger charge is 2.55. The van der Waals surface area contributed by atoms with Gasteiger partial charge < -0.3 is 4.90 Å². The number of carbonyl (C=O) groups excluding carboxylic acids is 1. The van der Waals surface area contributed by atoms with Crippen molar-refractivity contribution in [1.29, 1.82) is 0 Å². The Morgan fingerprint density at radius 2 is 1.77 bits per heavy atom. The molecule has 5 rings (SSSR count). The smallest absolute Gasteiger partial charge is 0.231 e. The number of aromatic nitrogens is 3. The normalized spacial score (nSPS) is 24.2. The highest BCUT2D eigenvalue weighted by Crippen LogP contribution is 2.49. The Balaban J connectivity index is 1.45. The Morgan fingerprint density at radius 3 is 2.52 bits per heavy atom. The Labute approximate surface area is 183 Å². The van der Waals surface area contributed by atoms with E-state index in [4.69, 9.17) is 0 Å². The fourth-order valence-corrected chi connectivity index (χ4v) is 5.51. The predicted octanol–water partition coefficient (Wildman–Crippen LogP) is 3.22. The summed E-state index contributed by atoms with van der Waals surface area (Å²) in [6.45, 7) is 4.01. The minimum Gasteiger partial charge on any atom is -0.338 e. The number of amides is 1. The first-order chi connectivity index (χ1) is 15.2. The van der Waals surface area contributed by atoms with Crippen LogP contribution in [0.2, 0.25) is 0 Å². The van der Waals surface area contributed by atoms with Crippen molar-refractivity contribution in [3.05, 3.63) is 83.9 Å². The zero-order valence-corrected chi connectivity index (χ0v) is 18.0. The molecular formula is C25H29N5O. The molecule has 4 heterocycles. The first-order valence-corrected chi connectivity index (χ1v) is 11.1. The minimum absolute atomic E-state index is 0.146. The maximum atomic E-state index is 14.0. The molecule has 2 aromatic heterocycles. The quantitative estimate of drug-likeness (QED) is 0.642. The summed E-state index contributed by atoms with van der Waals surface area (Å²) in [6, 6.07) is 16.5. The monoisotopic (exact) mass is 415 g/mol. The van der Waals surface area contributed by atoms with Gasteiger partial charge in [-0.3, -0.25) is 19.4 Å². The van der Waals surface area contributed by atoms with Crippen LogP contribution in [0.15, 0.2) is 67.1 Å². The zero-order valence-electron chi connectivity index (χ0n) is 18.0. The van der Waals surface area contributed by atoms with Crippen molar-refractivity contribution < 1.29 is 4.79 Å². The average Bonchev–Trinajstić information content (AvgIpc) is 3.36. The van der Waals surface area contributed by atoms with Gasteiger partial charge in [-0.25, -0.2) is 0 Å². The number of nitrogens with zero attached hydrogens (tertiary/aromatic N) is 5. The Kier molecular flexibility index (Phi) is 5.32. The maximum absolute atomic E-state index is 14.0. The molecule has 0 unspecified atom stereocenters. The summed E-state index contributed by atoms with van der Waals surface area (Å²) in [5, 5.41) is 4.43. The van der Waals surface area contributed by atoms with Gasteiger partial charge in [-0.05, 0) is 42.2 Å². The number of pyridine rings is 1. The molecule has 0 N–H and O–H groups in total. The first kappa shape index (κ1) is 19.9. The van der Waals surface area contributed by atoms with E-state index >= 15 is 0 Å². The van der Waals surface area contributed by atoms with E-state index in [-0.39, 0.29) is 5.92 Å². The molecule has 2 atom stereocenters. The Morgan fingerprint density at radius 1 is 1.00 bits per heavy atom. The Hall–Kier alpha value is -2.99. The second-order valence-electron chi connectivity index (χ2n) is 8.93. The molecular weight excluding hydrogens is 386 g/mol. The predicted molar refractivity (Wildman–Crippen MR) is 119 cm³/mol. The van der Waals surface area contributed by atoms with E-state index in [0.29, 0.717) is 12.5 Å². The van der Waals surface area contributed by atoms with E-state index in [9.17, 15) is 4.79 Å². The molecule has 2 aliphatic rings. The van der Waals surface area contributed by atoms with E-state index in [2.05, 4.69) is 50.2 Å². The topological polar surface area (TPSA) is 54.3 Å². The van der Waals surface area contributed by atoms with Crippen molar-refractivity contribution in [3.8, 4) is 0 Å². The highest BCUT2D eigenvalue weighted by atomic mass is 16.2. The second kappa shape index (κ2) is 8.27. The lowest BCUT2D eigenvalue weighted by atomic mass is 9.70.